The number of thioether (sulfide) groups is 1. The lowest BCUT2D eigenvalue weighted by molar-refractivity contribution is -0.145. The van der Waals surface area contributed by atoms with E-state index in [1.54, 1.807) is 18.9 Å². The van der Waals surface area contributed by atoms with Crippen LogP contribution in [0.5, 0.6) is 5.75 Å². The molecule has 1 saturated heterocycles. The van der Waals surface area contributed by atoms with Crippen molar-refractivity contribution in [3.8, 4) is 5.75 Å². The lowest BCUT2D eigenvalue weighted by atomic mass is 10.1. The molecule has 2 amide bonds. The minimum Gasteiger partial charge on any atom is -0.497 e. The van der Waals surface area contributed by atoms with E-state index in [0.717, 1.165) is 29.9 Å². The van der Waals surface area contributed by atoms with Gasteiger partial charge in [-0.15, -0.1) is 0 Å². The number of methoxy groups -OCH3 is 2. The molecule has 2 rings (SSSR count). The first-order valence-electron chi connectivity index (χ1n) is 11.1. The third kappa shape index (κ3) is 8.53. The van der Waals surface area contributed by atoms with E-state index in [2.05, 4.69) is 5.32 Å². The van der Waals surface area contributed by atoms with Gasteiger partial charge < -0.3 is 25.4 Å². The van der Waals surface area contributed by atoms with E-state index in [1.165, 1.54) is 7.11 Å². The zero-order valence-corrected chi connectivity index (χ0v) is 20.6. The predicted octanol–water partition coefficient (Wildman–Crippen LogP) is 0.858. The molecule has 1 aromatic carbocycles. The molecular weight excluding hydrogens is 444 g/mol. The van der Waals surface area contributed by atoms with Crippen LogP contribution in [0, 0.1) is 0 Å². The van der Waals surface area contributed by atoms with Crippen LogP contribution in [0.3, 0.4) is 0 Å². The summed E-state index contributed by atoms with van der Waals surface area (Å²) in [5.41, 5.74) is 6.58. The van der Waals surface area contributed by atoms with Crippen molar-refractivity contribution in [3.05, 3.63) is 29.8 Å². The Bertz CT molecular complexity index is 794. The predicted molar refractivity (Wildman–Crippen MR) is 129 cm³/mol. The molecule has 0 unspecified atom stereocenters. The van der Waals surface area contributed by atoms with Crippen LogP contribution in [-0.4, -0.2) is 92.1 Å². The van der Waals surface area contributed by atoms with E-state index in [1.807, 2.05) is 40.3 Å². The molecule has 1 fully saturated rings. The van der Waals surface area contributed by atoms with Gasteiger partial charge in [-0.3, -0.25) is 14.5 Å². The van der Waals surface area contributed by atoms with Crippen LogP contribution in [-0.2, 0) is 25.7 Å². The SMILES string of the molecule is COC(=O)[C@H](CCSC)NC(=O)CN(Cc1cccc(OC)c1)C[C@@H]1CCCN1C(=O)CN. The van der Waals surface area contributed by atoms with Crippen LogP contribution in [0.1, 0.15) is 24.8 Å². The number of carbonyl (C=O) groups is 3. The number of likely N-dealkylation sites (tertiary alicyclic amines) is 1. The molecule has 0 aromatic heterocycles. The van der Waals surface area contributed by atoms with Gasteiger partial charge in [-0.2, -0.15) is 11.8 Å². The van der Waals surface area contributed by atoms with Gasteiger partial charge >= 0.3 is 5.97 Å². The van der Waals surface area contributed by atoms with Crippen molar-refractivity contribution in [1.29, 1.82) is 0 Å². The van der Waals surface area contributed by atoms with E-state index in [-0.39, 0.29) is 30.9 Å². The van der Waals surface area contributed by atoms with Gasteiger partial charge in [0, 0.05) is 25.7 Å². The summed E-state index contributed by atoms with van der Waals surface area (Å²) in [6.07, 6.45) is 4.22. The number of esters is 1. The molecule has 0 saturated carbocycles. The number of hydrogen-bond donors (Lipinski definition) is 2. The van der Waals surface area contributed by atoms with Gasteiger partial charge in [0.25, 0.3) is 0 Å². The van der Waals surface area contributed by atoms with Crippen LogP contribution >= 0.6 is 11.8 Å². The summed E-state index contributed by atoms with van der Waals surface area (Å²) in [4.78, 5) is 41.1. The highest BCUT2D eigenvalue weighted by Crippen LogP contribution is 2.20. The molecule has 9 nitrogen and oxygen atoms in total. The Morgan fingerprint density at radius 1 is 1.33 bits per heavy atom. The van der Waals surface area contributed by atoms with Crippen molar-refractivity contribution in [2.24, 2.45) is 5.73 Å². The van der Waals surface area contributed by atoms with Gasteiger partial charge in [0.1, 0.15) is 11.8 Å². The quantitative estimate of drug-likeness (QED) is 0.400. The van der Waals surface area contributed by atoms with Crippen molar-refractivity contribution in [1.82, 2.24) is 15.1 Å². The number of benzene rings is 1. The van der Waals surface area contributed by atoms with Crippen LogP contribution in [0.15, 0.2) is 24.3 Å². The van der Waals surface area contributed by atoms with E-state index < -0.39 is 12.0 Å². The zero-order chi connectivity index (χ0) is 24.2. The molecule has 33 heavy (non-hydrogen) atoms. The van der Waals surface area contributed by atoms with E-state index >= 15 is 0 Å². The first-order valence-corrected chi connectivity index (χ1v) is 12.5. The Hall–Kier alpha value is -2.30. The minimum absolute atomic E-state index is 0.00708. The van der Waals surface area contributed by atoms with Crippen molar-refractivity contribution < 1.29 is 23.9 Å². The summed E-state index contributed by atoms with van der Waals surface area (Å²) in [5, 5.41) is 2.82. The number of nitrogens with two attached hydrogens (primary N) is 1. The average molecular weight is 481 g/mol. The molecule has 0 bridgehead atoms. The highest BCUT2D eigenvalue weighted by atomic mass is 32.2. The van der Waals surface area contributed by atoms with Gasteiger partial charge in [-0.1, -0.05) is 12.1 Å². The van der Waals surface area contributed by atoms with E-state index in [0.29, 0.717) is 26.1 Å². The molecule has 0 radical (unpaired) electrons. The number of carbonyl (C=O) groups excluding carboxylic acids is 3. The van der Waals surface area contributed by atoms with Crippen LogP contribution in [0.2, 0.25) is 0 Å². The number of nitrogens with zero attached hydrogens (tertiary/aromatic N) is 2. The lowest BCUT2D eigenvalue weighted by Gasteiger charge is -2.31. The molecule has 184 valence electrons. The Balaban J connectivity index is 2.14. The van der Waals surface area contributed by atoms with Crippen molar-refractivity contribution in [3.63, 3.8) is 0 Å². The number of nitrogens with one attached hydrogen (secondary N) is 1. The first kappa shape index (κ1) is 26.9. The molecule has 1 aliphatic rings. The van der Waals surface area contributed by atoms with Gasteiger partial charge in [0.05, 0.1) is 27.3 Å². The summed E-state index contributed by atoms with van der Waals surface area (Å²) in [7, 11) is 2.93. The molecule has 0 aliphatic carbocycles. The molecule has 1 aromatic rings. The normalized spacial score (nSPS) is 16.5. The van der Waals surface area contributed by atoms with Crippen LogP contribution in [0.4, 0.5) is 0 Å². The highest BCUT2D eigenvalue weighted by molar-refractivity contribution is 7.98. The fraction of sp³-hybridized carbons (Fsp3) is 0.609. The highest BCUT2D eigenvalue weighted by Gasteiger charge is 2.30. The van der Waals surface area contributed by atoms with Crippen molar-refractivity contribution in [2.75, 3.05) is 52.4 Å². The summed E-state index contributed by atoms with van der Waals surface area (Å²) in [6.45, 7) is 1.77. The third-order valence-corrected chi connectivity index (χ3v) is 6.32. The minimum atomic E-state index is -0.685. The molecule has 3 N–H and O–H groups in total. The zero-order valence-electron chi connectivity index (χ0n) is 19.7. The van der Waals surface area contributed by atoms with Gasteiger partial charge in [-0.05, 0) is 49.0 Å². The standard InChI is InChI=1S/C23H36N4O5S/c1-31-19-8-4-6-17(12-19)14-26(15-18-7-5-10-27(18)22(29)13-24)16-21(28)25-20(9-11-33-3)23(30)32-2/h4,6,8,12,18,20H,5,7,9-11,13-16,24H2,1-3H3,(H,25,28)/t18-,20-/m0/s1. The number of hydrogen-bond acceptors (Lipinski definition) is 8. The molecule has 2 atom stereocenters. The molecule has 1 aliphatic heterocycles. The summed E-state index contributed by atoms with van der Waals surface area (Å²) in [6, 6.07) is 6.98. The molecule has 10 heteroatoms. The van der Waals surface area contributed by atoms with Gasteiger partial charge in [0.2, 0.25) is 11.8 Å². The largest absolute Gasteiger partial charge is 0.497 e. The maximum absolute atomic E-state index is 12.9. The first-order chi connectivity index (χ1) is 15.9. The van der Waals surface area contributed by atoms with Crippen molar-refractivity contribution >= 4 is 29.5 Å². The fourth-order valence-electron chi connectivity index (χ4n) is 4.05. The van der Waals surface area contributed by atoms with Gasteiger partial charge in [0.15, 0.2) is 0 Å². The maximum Gasteiger partial charge on any atom is 0.328 e. The number of ether oxygens (including phenoxy) is 2. The monoisotopic (exact) mass is 480 g/mol. The topological polar surface area (TPSA) is 114 Å². The van der Waals surface area contributed by atoms with Crippen LogP contribution in [0.25, 0.3) is 0 Å². The third-order valence-electron chi connectivity index (χ3n) is 5.68. The maximum atomic E-state index is 12.9. The Labute approximate surface area is 200 Å². The second-order valence-corrected chi connectivity index (χ2v) is 9.02. The second-order valence-electron chi connectivity index (χ2n) is 8.03. The van der Waals surface area contributed by atoms with Crippen LogP contribution < -0.4 is 15.8 Å². The van der Waals surface area contributed by atoms with E-state index in [4.69, 9.17) is 15.2 Å². The summed E-state index contributed by atoms with van der Waals surface area (Å²) >= 11 is 1.60. The Morgan fingerprint density at radius 3 is 2.79 bits per heavy atom. The number of amides is 2. The van der Waals surface area contributed by atoms with Gasteiger partial charge in [-0.25, -0.2) is 4.79 Å². The van der Waals surface area contributed by atoms with Crippen molar-refractivity contribution in [2.45, 2.75) is 37.9 Å². The second kappa shape index (κ2) is 14.1. The Morgan fingerprint density at radius 2 is 2.12 bits per heavy atom. The summed E-state index contributed by atoms with van der Waals surface area (Å²) < 4.78 is 10.2. The lowest BCUT2D eigenvalue weighted by Crippen LogP contribution is -2.49. The number of rotatable bonds is 13. The van der Waals surface area contributed by atoms with E-state index in [9.17, 15) is 14.4 Å². The molecule has 0 spiro atoms. The molecular formula is C23H36N4O5S. The fourth-order valence-corrected chi connectivity index (χ4v) is 4.52. The smallest absolute Gasteiger partial charge is 0.328 e. The molecule has 1 heterocycles. The average Bonchev–Trinajstić information content (AvgIpc) is 3.28. The Kier molecular flexibility index (Phi) is 11.5. The summed E-state index contributed by atoms with van der Waals surface area (Å²) in [5.74, 6) is 0.675.